The van der Waals surface area contributed by atoms with Gasteiger partial charge in [-0.1, -0.05) is 12.2 Å². The van der Waals surface area contributed by atoms with Crippen LogP contribution in [0.3, 0.4) is 0 Å². The van der Waals surface area contributed by atoms with Crippen molar-refractivity contribution in [3.05, 3.63) is 23.3 Å². The van der Waals surface area contributed by atoms with Crippen LogP contribution in [0.25, 0.3) is 0 Å². The third-order valence-corrected chi connectivity index (χ3v) is 3.99. The van der Waals surface area contributed by atoms with Gasteiger partial charge in [0.05, 0.1) is 30.5 Å². The van der Waals surface area contributed by atoms with Crippen LogP contribution in [0.5, 0.6) is 0 Å². The van der Waals surface area contributed by atoms with Crippen LogP contribution in [-0.2, 0) is 23.8 Å². The predicted molar refractivity (Wildman–Crippen MR) is 66.6 cm³/mol. The smallest absolute Gasteiger partial charge is 0.335 e. The Morgan fingerprint density at radius 3 is 2.10 bits per heavy atom. The van der Waals surface area contributed by atoms with Crippen molar-refractivity contribution in [2.24, 2.45) is 11.8 Å². The lowest BCUT2D eigenvalue weighted by atomic mass is 9.68. The zero-order chi connectivity index (χ0) is 14.7. The first-order valence-electron chi connectivity index (χ1n) is 6.45. The molecule has 6 heteroatoms. The fourth-order valence-electron chi connectivity index (χ4n) is 3.32. The summed E-state index contributed by atoms with van der Waals surface area (Å²) in [6.07, 6.45) is 2.87. The highest BCUT2D eigenvalue weighted by Gasteiger charge is 2.57. The molecule has 4 atom stereocenters. The number of hydrogen-bond donors (Lipinski definition) is 1. The lowest BCUT2D eigenvalue weighted by Crippen LogP contribution is -2.48. The summed E-state index contributed by atoms with van der Waals surface area (Å²) in [4.78, 5) is 23.5. The molecule has 0 saturated carbocycles. The van der Waals surface area contributed by atoms with E-state index in [1.165, 1.54) is 7.11 Å². The number of carboxylic acids is 1. The maximum Gasteiger partial charge on any atom is 0.335 e. The quantitative estimate of drug-likeness (QED) is 0.597. The summed E-state index contributed by atoms with van der Waals surface area (Å²) in [7, 11) is 1.24. The zero-order valence-corrected chi connectivity index (χ0v) is 11.5. The van der Waals surface area contributed by atoms with Crippen molar-refractivity contribution < 1.29 is 28.9 Å². The Morgan fingerprint density at radius 1 is 1.15 bits per heavy atom. The Balaban J connectivity index is 2.09. The fourth-order valence-corrected chi connectivity index (χ4v) is 3.32. The lowest BCUT2D eigenvalue weighted by Gasteiger charge is -2.39. The number of rotatable bonds is 2. The van der Waals surface area contributed by atoms with Crippen LogP contribution >= 0.6 is 0 Å². The fraction of sp³-hybridized carbons (Fsp3) is 0.571. The molecular formula is C14H16O6. The topological polar surface area (TPSA) is 82.1 Å². The lowest BCUT2D eigenvalue weighted by molar-refractivity contribution is -0.149. The average Bonchev–Trinajstić information content (AvgIpc) is 2.73. The summed E-state index contributed by atoms with van der Waals surface area (Å²) in [5.74, 6) is -3.44. The van der Waals surface area contributed by atoms with E-state index in [9.17, 15) is 14.7 Å². The van der Waals surface area contributed by atoms with Crippen molar-refractivity contribution in [3.63, 3.8) is 0 Å². The Kier molecular flexibility index (Phi) is 2.78. The number of carboxylic acid groups (broad SMARTS) is 1. The molecule has 1 aliphatic heterocycles. The number of aliphatic carboxylic acids is 1. The van der Waals surface area contributed by atoms with Gasteiger partial charge in [-0.25, -0.2) is 9.59 Å². The summed E-state index contributed by atoms with van der Waals surface area (Å²) in [5.41, 5.74) is 0.238. The molecule has 0 aromatic carbocycles. The molecule has 1 saturated heterocycles. The number of ether oxygens (including phenoxy) is 3. The van der Waals surface area contributed by atoms with Crippen LogP contribution in [0.2, 0.25) is 0 Å². The van der Waals surface area contributed by atoms with E-state index in [4.69, 9.17) is 14.2 Å². The van der Waals surface area contributed by atoms with Crippen molar-refractivity contribution in [1.29, 1.82) is 0 Å². The molecule has 20 heavy (non-hydrogen) atoms. The van der Waals surface area contributed by atoms with Crippen molar-refractivity contribution in [2.75, 3.05) is 7.11 Å². The van der Waals surface area contributed by atoms with Crippen LogP contribution < -0.4 is 0 Å². The molecule has 108 valence electrons. The second-order valence-corrected chi connectivity index (χ2v) is 5.63. The SMILES string of the molecule is COC(=O)C1=C(C(=O)O)[C@@H]2C=C[C@H]1[C@@H]1OC(C)(C)O[C@H]12. The second-order valence-electron chi connectivity index (χ2n) is 5.63. The van der Waals surface area contributed by atoms with Crippen LogP contribution in [0.4, 0.5) is 0 Å². The molecule has 0 aromatic heterocycles. The molecule has 0 spiro atoms. The Bertz CT molecular complexity index is 544. The number of carbonyl (C=O) groups is 2. The van der Waals surface area contributed by atoms with Crippen LogP contribution in [0, 0.1) is 11.8 Å². The number of esters is 1. The Labute approximate surface area is 116 Å². The van der Waals surface area contributed by atoms with E-state index in [-0.39, 0.29) is 23.4 Å². The van der Waals surface area contributed by atoms with E-state index in [1.54, 1.807) is 19.9 Å². The van der Waals surface area contributed by atoms with Gasteiger partial charge in [-0.2, -0.15) is 0 Å². The second kappa shape index (κ2) is 4.17. The molecule has 1 fully saturated rings. The first kappa shape index (κ1) is 13.3. The minimum Gasteiger partial charge on any atom is -0.478 e. The predicted octanol–water partition coefficient (Wildman–Crippen LogP) is 0.876. The largest absolute Gasteiger partial charge is 0.478 e. The van der Waals surface area contributed by atoms with Gasteiger partial charge in [-0.3, -0.25) is 0 Å². The average molecular weight is 280 g/mol. The molecule has 6 nitrogen and oxygen atoms in total. The van der Waals surface area contributed by atoms with Crippen molar-refractivity contribution in [3.8, 4) is 0 Å². The van der Waals surface area contributed by atoms with Gasteiger partial charge in [0, 0.05) is 11.8 Å². The van der Waals surface area contributed by atoms with Crippen LogP contribution in [0.15, 0.2) is 23.3 Å². The summed E-state index contributed by atoms with van der Waals surface area (Å²) in [5, 5.41) is 9.43. The number of hydrogen-bond acceptors (Lipinski definition) is 5. The molecule has 0 radical (unpaired) electrons. The van der Waals surface area contributed by atoms with Gasteiger partial charge in [-0.05, 0) is 13.8 Å². The first-order valence-corrected chi connectivity index (χ1v) is 6.45. The number of carbonyl (C=O) groups excluding carboxylic acids is 1. The summed E-state index contributed by atoms with van der Waals surface area (Å²) in [6, 6.07) is 0. The minimum absolute atomic E-state index is 0.0619. The van der Waals surface area contributed by atoms with E-state index in [0.717, 1.165) is 0 Å². The van der Waals surface area contributed by atoms with E-state index in [1.807, 2.05) is 6.08 Å². The summed E-state index contributed by atoms with van der Waals surface area (Å²) in [6.45, 7) is 3.56. The van der Waals surface area contributed by atoms with Gasteiger partial charge >= 0.3 is 11.9 Å². The number of methoxy groups -OCH3 is 1. The highest BCUT2D eigenvalue weighted by Crippen LogP contribution is 2.49. The van der Waals surface area contributed by atoms with Crippen molar-refractivity contribution >= 4 is 11.9 Å². The molecule has 1 heterocycles. The summed E-state index contributed by atoms with van der Waals surface area (Å²) < 4.78 is 16.4. The molecular weight excluding hydrogens is 264 g/mol. The normalized spacial score (nSPS) is 37.0. The maximum absolute atomic E-state index is 11.9. The van der Waals surface area contributed by atoms with Gasteiger partial charge in [-0.15, -0.1) is 0 Å². The first-order chi connectivity index (χ1) is 9.35. The highest BCUT2D eigenvalue weighted by atomic mass is 16.8. The minimum atomic E-state index is -1.11. The van der Waals surface area contributed by atoms with Gasteiger partial charge < -0.3 is 19.3 Å². The van der Waals surface area contributed by atoms with Crippen molar-refractivity contribution in [2.45, 2.75) is 31.8 Å². The zero-order valence-electron chi connectivity index (χ0n) is 11.5. The highest BCUT2D eigenvalue weighted by molar-refractivity contribution is 6.02. The van der Waals surface area contributed by atoms with Crippen molar-refractivity contribution in [1.82, 2.24) is 0 Å². The van der Waals surface area contributed by atoms with E-state index in [0.29, 0.717) is 0 Å². The molecule has 0 aromatic rings. The third kappa shape index (κ3) is 1.72. The third-order valence-electron chi connectivity index (χ3n) is 3.99. The summed E-state index contributed by atoms with van der Waals surface area (Å²) >= 11 is 0. The monoisotopic (exact) mass is 280 g/mol. The molecule has 0 amide bonds. The van der Waals surface area contributed by atoms with E-state index < -0.39 is 29.6 Å². The van der Waals surface area contributed by atoms with E-state index in [2.05, 4.69) is 0 Å². The Hall–Kier alpha value is -1.66. The molecule has 4 rings (SSSR count). The maximum atomic E-state index is 11.9. The Morgan fingerprint density at radius 2 is 1.65 bits per heavy atom. The van der Waals surface area contributed by atoms with Crippen LogP contribution in [0.1, 0.15) is 13.8 Å². The van der Waals surface area contributed by atoms with Gasteiger partial charge in [0.2, 0.25) is 0 Å². The molecule has 2 bridgehead atoms. The van der Waals surface area contributed by atoms with E-state index >= 15 is 0 Å². The van der Waals surface area contributed by atoms with Gasteiger partial charge in [0.15, 0.2) is 5.79 Å². The molecule has 0 unspecified atom stereocenters. The molecule has 4 aliphatic rings. The molecule has 1 N–H and O–H groups in total. The van der Waals surface area contributed by atoms with Gasteiger partial charge in [0.1, 0.15) is 0 Å². The van der Waals surface area contributed by atoms with Gasteiger partial charge in [0.25, 0.3) is 0 Å². The molecule has 3 aliphatic carbocycles. The standard InChI is InChI=1S/C14H16O6/c1-14(2)19-10-6-4-5-7(11(10)20-14)9(13(17)18-3)8(6)12(15)16/h4-7,10-11H,1-3H3,(H,15,16)/t6-,7+,10-,11-/m0/s1. The van der Waals surface area contributed by atoms with Crippen LogP contribution in [-0.4, -0.2) is 42.1 Å².